The number of benzene rings is 1. The summed E-state index contributed by atoms with van der Waals surface area (Å²) < 4.78 is 5.05. The van der Waals surface area contributed by atoms with Crippen LogP contribution in [0.2, 0.25) is 5.02 Å². The Morgan fingerprint density at radius 2 is 1.95 bits per heavy atom. The molecule has 2 heterocycles. The van der Waals surface area contributed by atoms with Gasteiger partial charge in [0.1, 0.15) is 6.26 Å². The fourth-order valence-electron chi connectivity index (χ4n) is 2.67. The smallest absolute Gasteiger partial charge is 0.263 e. The SMILES string of the molecule is O=C(c1ncco1)C1CCN(C(=O)c2ccccc2Cl)CC1. The number of aromatic nitrogens is 1. The highest BCUT2D eigenvalue weighted by Crippen LogP contribution is 2.24. The molecule has 3 rings (SSSR count). The molecule has 2 aromatic rings. The molecular weight excluding hydrogens is 304 g/mol. The lowest BCUT2D eigenvalue weighted by atomic mass is 9.92. The number of piperidine rings is 1. The Balaban J connectivity index is 1.63. The molecule has 1 aromatic heterocycles. The number of carbonyl (C=O) groups excluding carboxylic acids is 2. The number of oxazole rings is 1. The Morgan fingerprint density at radius 3 is 2.59 bits per heavy atom. The van der Waals surface area contributed by atoms with Crippen LogP contribution in [0.5, 0.6) is 0 Å². The maximum Gasteiger partial charge on any atom is 0.263 e. The van der Waals surface area contributed by atoms with Crippen LogP contribution < -0.4 is 0 Å². The van der Waals surface area contributed by atoms with Crippen LogP contribution in [-0.2, 0) is 0 Å². The van der Waals surface area contributed by atoms with Crippen molar-refractivity contribution in [3.8, 4) is 0 Å². The van der Waals surface area contributed by atoms with Crippen molar-refractivity contribution in [3.63, 3.8) is 0 Å². The highest BCUT2D eigenvalue weighted by molar-refractivity contribution is 6.33. The van der Waals surface area contributed by atoms with Gasteiger partial charge in [0.2, 0.25) is 5.78 Å². The summed E-state index contributed by atoms with van der Waals surface area (Å²) in [5.74, 6) is -0.174. The third-order valence-corrected chi connectivity index (χ3v) is 4.23. The molecule has 0 atom stereocenters. The van der Waals surface area contributed by atoms with Gasteiger partial charge in [0.05, 0.1) is 16.8 Å². The number of ketones is 1. The number of Topliss-reactive ketones (excluding diaryl/α,β-unsaturated/α-hetero) is 1. The highest BCUT2D eigenvalue weighted by Gasteiger charge is 2.30. The molecule has 0 N–H and O–H groups in total. The maximum atomic E-state index is 12.5. The van der Waals surface area contributed by atoms with Gasteiger partial charge in [0.15, 0.2) is 0 Å². The van der Waals surface area contributed by atoms with Crippen molar-refractivity contribution in [3.05, 3.63) is 53.2 Å². The van der Waals surface area contributed by atoms with E-state index in [2.05, 4.69) is 4.98 Å². The Morgan fingerprint density at radius 1 is 1.23 bits per heavy atom. The van der Waals surface area contributed by atoms with E-state index in [1.807, 2.05) is 0 Å². The summed E-state index contributed by atoms with van der Waals surface area (Å²) in [6.07, 6.45) is 4.07. The second-order valence-electron chi connectivity index (χ2n) is 5.25. The van der Waals surface area contributed by atoms with Crippen molar-refractivity contribution in [2.24, 2.45) is 5.92 Å². The lowest BCUT2D eigenvalue weighted by Crippen LogP contribution is -2.40. The normalized spacial score (nSPS) is 15.8. The number of carbonyl (C=O) groups is 2. The Labute approximate surface area is 132 Å². The number of nitrogens with zero attached hydrogens (tertiary/aromatic N) is 2. The Kier molecular flexibility index (Phi) is 4.24. The second kappa shape index (κ2) is 6.32. The van der Waals surface area contributed by atoms with Crippen molar-refractivity contribution in [1.82, 2.24) is 9.88 Å². The first-order chi connectivity index (χ1) is 10.7. The maximum absolute atomic E-state index is 12.5. The first-order valence-electron chi connectivity index (χ1n) is 7.14. The zero-order chi connectivity index (χ0) is 15.5. The van der Waals surface area contributed by atoms with E-state index < -0.39 is 0 Å². The van der Waals surface area contributed by atoms with Gasteiger partial charge < -0.3 is 9.32 Å². The molecule has 1 fully saturated rings. The molecule has 0 unspecified atom stereocenters. The third kappa shape index (κ3) is 2.90. The minimum Gasteiger partial charge on any atom is -0.442 e. The Bertz CT molecular complexity index is 676. The molecule has 22 heavy (non-hydrogen) atoms. The Hall–Kier alpha value is -2.14. The van der Waals surface area contributed by atoms with Crippen LogP contribution >= 0.6 is 11.6 Å². The summed E-state index contributed by atoms with van der Waals surface area (Å²) in [4.78, 5) is 30.3. The lowest BCUT2D eigenvalue weighted by Gasteiger charge is -2.31. The molecular formula is C16H15ClN2O3. The van der Waals surface area contributed by atoms with Crippen LogP contribution in [-0.4, -0.2) is 34.7 Å². The number of halogens is 1. The van der Waals surface area contributed by atoms with Crippen molar-refractivity contribution in [1.29, 1.82) is 0 Å². The van der Waals surface area contributed by atoms with Gasteiger partial charge in [-0.3, -0.25) is 9.59 Å². The first-order valence-corrected chi connectivity index (χ1v) is 7.52. The quantitative estimate of drug-likeness (QED) is 0.816. The molecule has 1 amide bonds. The van der Waals surface area contributed by atoms with Crippen LogP contribution in [0, 0.1) is 5.92 Å². The predicted octanol–water partition coefficient (Wildman–Crippen LogP) is 3.06. The summed E-state index contributed by atoms with van der Waals surface area (Å²) >= 11 is 6.06. The van der Waals surface area contributed by atoms with E-state index in [0.29, 0.717) is 36.5 Å². The second-order valence-corrected chi connectivity index (χ2v) is 5.66. The van der Waals surface area contributed by atoms with Crippen LogP contribution in [0.25, 0.3) is 0 Å². The zero-order valence-corrected chi connectivity index (χ0v) is 12.6. The van der Waals surface area contributed by atoms with Gasteiger partial charge in [0, 0.05) is 19.0 Å². The summed E-state index contributed by atoms with van der Waals surface area (Å²) in [6.45, 7) is 1.06. The van der Waals surface area contributed by atoms with Gasteiger partial charge in [-0.25, -0.2) is 4.98 Å². The molecule has 0 bridgehead atoms. The minimum absolute atomic E-state index is 0.0881. The van der Waals surface area contributed by atoms with Gasteiger partial charge in [-0.15, -0.1) is 0 Å². The van der Waals surface area contributed by atoms with Crippen molar-refractivity contribution in [2.75, 3.05) is 13.1 Å². The minimum atomic E-state index is -0.144. The standard InChI is InChI=1S/C16H15ClN2O3/c17-13-4-2-1-3-12(13)16(21)19-8-5-11(6-9-19)14(20)15-18-7-10-22-15/h1-4,7,10-11H,5-6,8-9H2. The van der Waals surface area contributed by atoms with Crippen LogP contribution in [0.15, 0.2) is 41.1 Å². The molecule has 0 saturated carbocycles. The van der Waals surface area contributed by atoms with E-state index in [4.69, 9.17) is 16.0 Å². The van der Waals surface area contributed by atoms with Crippen molar-refractivity contribution in [2.45, 2.75) is 12.8 Å². The lowest BCUT2D eigenvalue weighted by molar-refractivity contribution is 0.0641. The average molecular weight is 319 g/mol. The van der Waals surface area contributed by atoms with Gasteiger partial charge >= 0.3 is 0 Å². The first kappa shape index (κ1) is 14.8. The molecule has 6 heteroatoms. The van der Waals surface area contributed by atoms with Crippen LogP contribution in [0.4, 0.5) is 0 Å². The monoisotopic (exact) mass is 318 g/mol. The number of hydrogen-bond acceptors (Lipinski definition) is 4. The van der Waals surface area contributed by atoms with Gasteiger partial charge in [-0.05, 0) is 25.0 Å². The van der Waals surface area contributed by atoms with Gasteiger partial charge in [-0.1, -0.05) is 23.7 Å². The molecule has 114 valence electrons. The van der Waals surface area contributed by atoms with Crippen molar-refractivity contribution < 1.29 is 14.0 Å². The molecule has 1 aliphatic heterocycles. The number of rotatable bonds is 3. The summed E-state index contributed by atoms with van der Waals surface area (Å²) in [5, 5.41) is 0.450. The number of amides is 1. The topological polar surface area (TPSA) is 63.4 Å². The fraction of sp³-hybridized carbons (Fsp3) is 0.312. The number of likely N-dealkylation sites (tertiary alicyclic amines) is 1. The highest BCUT2D eigenvalue weighted by atomic mass is 35.5. The molecule has 0 spiro atoms. The molecule has 1 aliphatic rings. The zero-order valence-electron chi connectivity index (χ0n) is 11.9. The third-order valence-electron chi connectivity index (χ3n) is 3.90. The fourth-order valence-corrected chi connectivity index (χ4v) is 2.89. The van der Waals surface area contributed by atoms with Crippen LogP contribution in [0.3, 0.4) is 0 Å². The number of hydrogen-bond donors (Lipinski definition) is 0. The van der Waals surface area contributed by atoms with E-state index in [0.717, 1.165) is 0 Å². The summed E-state index contributed by atoms with van der Waals surface area (Å²) in [5.41, 5.74) is 0.502. The van der Waals surface area contributed by atoms with Gasteiger partial charge in [-0.2, -0.15) is 0 Å². The predicted molar refractivity (Wildman–Crippen MR) is 80.9 cm³/mol. The molecule has 1 aromatic carbocycles. The van der Waals surface area contributed by atoms with E-state index in [-0.39, 0.29) is 23.5 Å². The van der Waals surface area contributed by atoms with E-state index >= 15 is 0 Å². The van der Waals surface area contributed by atoms with E-state index in [1.165, 1.54) is 12.5 Å². The van der Waals surface area contributed by atoms with Gasteiger partial charge in [0.25, 0.3) is 11.8 Å². The molecule has 0 radical (unpaired) electrons. The molecule has 1 saturated heterocycles. The largest absolute Gasteiger partial charge is 0.442 e. The van der Waals surface area contributed by atoms with Crippen molar-refractivity contribution >= 4 is 23.3 Å². The van der Waals surface area contributed by atoms with E-state index in [1.54, 1.807) is 29.2 Å². The average Bonchev–Trinajstić information content (AvgIpc) is 3.09. The summed E-state index contributed by atoms with van der Waals surface area (Å²) in [6, 6.07) is 7.00. The molecule has 5 nitrogen and oxygen atoms in total. The summed E-state index contributed by atoms with van der Waals surface area (Å²) in [7, 11) is 0. The van der Waals surface area contributed by atoms with E-state index in [9.17, 15) is 9.59 Å². The molecule has 0 aliphatic carbocycles. The van der Waals surface area contributed by atoms with Crippen LogP contribution in [0.1, 0.15) is 33.9 Å².